The van der Waals surface area contributed by atoms with Crippen LogP contribution in [0.1, 0.15) is 24.8 Å². The molecule has 1 unspecified atom stereocenters. The maximum atomic E-state index is 11.7. The molecule has 0 bridgehead atoms. The Kier molecular flexibility index (Phi) is 4.34. The van der Waals surface area contributed by atoms with Crippen molar-refractivity contribution < 1.29 is 9.59 Å². The molecule has 1 heterocycles. The fourth-order valence-electron chi connectivity index (χ4n) is 2.11. The third-order valence-corrected chi connectivity index (χ3v) is 3.10. The monoisotopic (exact) mass is 246 g/mol. The lowest BCUT2D eigenvalue weighted by atomic mass is 10.1. The largest absolute Gasteiger partial charge is 0.356 e. The van der Waals surface area contributed by atoms with E-state index < -0.39 is 0 Å². The van der Waals surface area contributed by atoms with E-state index in [9.17, 15) is 9.59 Å². The molecule has 18 heavy (non-hydrogen) atoms. The lowest BCUT2D eigenvalue weighted by molar-refractivity contribution is -0.124. The van der Waals surface area contributed by atoms with Crippen LogP contribution in [0.5, 0.6) is 0 Å². The number of amides is 2. The van der Waals surface area contributed by atoms with Crippen LogP contribution >= 0.6 is 0 Å². The predicted molar refractivity (Wildman–Crippen MR) is 68.9 cm³/mol. The van der Waals surface area contributed by atoms with E-state index in [4.69, 9.17) is 0 Å². The Morgan fingerprint density at radius 1 is 1.33 bits per heavy atom. The molecule has 1 fully saturated rings. The van der Waals surface area contributed by atoms with E-state index in [0.717, 1.165) is 18.4 Å². The van der Waals surface area contributed by atoms with Crippen LogP contribution in [-0.2, 0) is 16.0 Å². The molecule has 1 aliphatic rings. The van der Waals surface area contributed by atoms with Gasteiger partial charge in [0.1, 0.15) is 0 Å². The van der Waals surface area contributed by atoms with Crippen LogP contribution in [0.3, 0.4) is 0 Å². The summed E-state index contributed by atoms with van der Waals surface area (Å²) >= 11 is 0. The summed E-state index contributed by atoms with van der Waals surface area (Å²) in [4.78, 5) is 22.9. The Balaban J connectivity index is 1.73. The Labute approximate surface area is 107 Å². The fourth-order valence-corrected chi connectivity index (χ4v) is 2.11. The second-order valence-corrected chi connectivity index (χ2v) is 4.59. The highest BCUT2D eigenvalue weighted by Crippen LogP contribution is 2.06. The van der Waals surface area contributed by atoms with Crippen molar-refractivity contribution in [3.63, 3.8) is 0 Å². The van der Waals surface area contributed by atoms with Gasteiger partial charge in [0.2, 0.25) is 11.8 Å². The SMILES string of the molecule is O=C1CC(NC(=O)CCc2ccccc2)CCN1. The Morgan fingerprint density at radius 3 is 2.83 bits per heavy atom. The molecular formula is C14H18N2O2. The van der Waals surface area contributed by atoms with Crippen LogP contribution in [0.15, 0.2) is 30.3 Å². The minimum atomic E-state index is 0.00187. The van der Waals surface area contributed by atoms with Crippen molar-refractivity contribution in [3.05, 3.63) is 35.9 Å². The summed E-state index contributed by atoms with van der Waals surface area (Å²) in [6, 6.07) is 9.94. The molecule has 1 aromatic rings. The molecule has 1 aliphatic heterocycles. The summed E-state index contributed by atoms with van der Waals surface area (Å²) in [5.74, 6) is 0.0492. The van der Waals surface area contributed by atoms with Gasteiger partial charge in [0.05, 0.1) is 0 Å². The minimum absolute atomic E-state index is 0.00187. The molecule has 0 radical (unpaired) electrons. The number of hydrogen-bond donors (Lipinski definition) is 2. The average Bonchev–Trinajstić information content (AvgIpc) is 2.38. The molecule has 1 saturated heterocycles. The molecule has 96 valence electrons. The maximum Gasteiger partial charge on any atom is 0.222 e. The van der Waals surface area contributed by atoms with Crippen molar-refractivity contribution in [2.75, 3.05) is 6.54 Å². The Bertz CT molecular complexity index is 417. The molecule has 2 amide bonds. The number of carbonyl (C=O) groups excluding carboxylic acids is 2. The molecule has 4 heteroatoms. The molecule has 1 aromatic carbocycles. The maximum absolute atomic E-state index is 11.7. The first kappa shape index (κ1) is 12.6. The Morgan fingerprint density at radius 2 is 2.11 bits per heavy atom. The topological polar surface area (TPSA) is 58.2 Å². The number of nitrogens with one attached hydrogen (secondary N) is 2. The number of piperidine rings is 1. The molecule has 0 spiro atoms. The summed E-state index contributed by atoms with van der Waals surface area (Å²) in [6.07, 6.45) is 2.44. The number of hydrogen-bond acceptors (Lipinski definition) is 2. The fraction of sp³-hybridized carbons (Fsp3) is 0.429. The van der Waals surface area contributed by atoms with Crippen LogP contribution in [0.4, 0.5) is 0 Å². The van der Waals surface area contributed by atoms with Crippen molar-refractivity contribution in [2.24, 2.45) is 0 Å². The van der Waals surface area contributed by atoms with Crippen LogP contribution in [-0.4, -0.2) is 24.4 Å². The number of aryl methyl sites for hydroxylation is 1. The highest BCUT2D eigenvalue weighted by molar-refractivity contribution is 5.80. The average molecular weight is 246 g/mol. The minimum Gasteiger partial charge on any atom is -0.356 e. The number of benzene rings is 1. The van der Waals surface area contributed by atoms with Crippen LogP contribution in [0, 0.1) is 0 Å². The van der Waals surface area contributed by atoms with E-state index in [2.05, 4.69) is 10.6 Å². The molecule has 4 nitrogen and oxygen atoms in total. The van der Waals surface area contributed by atoms with Gasteiger partial charge in [0, 0.05) is 25.4 Å². The first-order valence-corrected chi connectivity index (χ1v) is 6.34. The van der Waals surface area contributed by atoms with Gasteiger partial charge < -0.3 is 10.6 Å². The van der Waals surface area contributed by atoms with Gasteiger partial charge in [-0.3, -0.25) is 9.59 Å². The van der Waals surface area contributed by atoms with Crippen LogP contribution in [0.25, 0.3) is 0 Å². The van der Waals surface area contributed by atoms with Gasteiger partial charge in [-0.2, -0.15) is 0 Å². The van der Waals surface area contributed by atoms with Gasteiger partial charge in [-0.05, 0) is 18.4 Å². The molecule has 0 saturated carbocycles. The molecule has 0 aromatic heterocycles. The van der Waals surface area contributed by atoms with Crippen LogP contribution < -0.4 is 10.6 Å². The number of rotatable bonds is 4. The standard InChI is InChI=1S/C14H18N2O2/c17-13(7-6-11-4-2-1-3-5-11)16-12-8-9-15-14(18)10-12/h1-5,12H,6-10H2,(H,15,18)(H,16,17). The van der Waals surface area contributed by atoms with E-state index in [1.165, 1.54) is 0 Å². The first-order chi connectivity index (χ1) is 8.74. The Hall–Kier alpha value is -1.84. The number of carbonyl (C=O) groups is 2. The molecule has 2 rings (SSSR count). The van der Waals surface area contributed by atoms with Gasteiger partial charge >= 0.3 is 0 Å². The van der Waals surface area contributed by atoms with Gasteiger partial charge in [0.25, 0.3) is 0 Å². The highest BCUT2D eigenvalue weighted by atomic mass is 16.2. The van der Waals surface area contributed by atoms with Gasteiger partial charge in [-0.25, -0.2) is 0 Å². The van der Waals surface area contributed by atoms with E-state index in [1.807, 2.05) is 30.3 Å². The van der Waals surface area contributed by atoms with Crippen molar-refractivity contribution in [1.82, 2.24) is 10.6 Å². The van der Waals surface area contributed by atoms with E-state index in [0.29, 0.717) is 19.4 Å². The van der Waals surface area contributed by atoms with Gasteiger partial charge in [-0.15, -0.1) is 0 Å². The molecule has 2 N–H and O–H groups in total. The molecule has 1 atom stereocenters. The van der Waals surface area contributed by atoms with Crippen LogP contribution in [0.2, 0.25) is 0 Å². The molecular weight excluding hydrogens is 228 g/mol. The van der Waals surface area contributed by atoms with E-state index >= 15 is 0 Å². The van der Waals surface area contributed by atoms with Gasteiger partial charge in [0.15, 0.2) is 0 Å². The summed E-state index contributed by atoms with van der Waals surface area (Å²) in [6.45, 7) is 0.655. The van der Waals surface area contributed by atoms with Crippen molar-refractivity contribution >= 4 is 11.8 Å². The quantitative estimate of drug-likeness (QED) is 0.833. The van der Waals surface area contributed by atoms with Crippen molar-refractivity contribution in [2.45, 2.75) is 31.7 Å². The van der Waals surface area contributed by atoms with Gasteiger partial charge in [-0.1, -0.05) is 30.3 Å². The lowest BCUT2D eigenvalue weighted by Gasteiger charge is -2.23. The summed E-state index contributed by atoms with van der Waals surface area (Å²) in [7, 11) is 0. The second kappa shape index (κ2) is 6.19. The lowest BCUT2D eigenvalue weighted by Crippen LogP contribution is -2.45. The van der Waals surface area contributed by atoms with E-state index in [1.54, 1.807) is 0 Å². The zero-order chi connectivity index (χ0) is 12.8. The first-order valence-electron chi connectivity index (χ1n) is 6.34. The van der Waals surface area contributed by atoms with Crippen molar-refractivity contribution in [3.8, 4) is 0 Å². The third kappa shape index (κ3) is 3.87. The summed E-state index contributed by atoms with van der Waals surface area (Å²) in [5, 5.41) is 5.67. The normalized spacial score (nSPS) is 19.1. The summed E-state index contributed by atoms with van der Waals surface area (Å²) in [5.41, 5.74) is 1.16. The van der Waals surface area contributed by atoms with E-state index in [-0.39, 0.29) is 17.9 Å². The van der Waals surface area contributed by atoms with Crippen molar-refractivity contribution in [1.29, 1.82) is 0 Å². The second-order valence-electron chi connectivity index (χ2n) is 4.59. The predicted octanol–water partition coefficient (Wildman–Crippen LogP) is 1.01. The zero-order valence-electron chi connectivity index (χ0n) is 10.3. The smallest absolute Gasteiger partial charge is 0.222 e. The molecule has 0 aliphatic carbocycles. The highest BCUT2D eigenvalue weighted by Gasteiger charge is 2.20. The third-order valence-electron chi connectivity index (χ3n) is 3.10. The summed E-state index contributed by atoms with van der Waals surface area (Å²) < 4.78 is 0. The zero-order valence-corrected chi connectivity index (χ0v) is 10.3.